The molecule has 0 aliphatic heterocycles. The van der Waals surface area contributed by atoms with Crippen molar-refractivity contribution in [2.24, 2.45) is 5.73 Å². The molecule has 0 aliphatic carbocycles. The molecule has 0 fully saturated rings. The van der Waals surface area contributed by atoms with Crippen LogP contribution in [0.2, 0.25) is 0 Å². The molecule has 0 aliphatic rings. The lowest BCUT2D eigenvalue weighted by atomic mass is 10.2. The van der Waals surface area contributed by atoms with Gasteiger partial charge in [0, 0.05) is 6.54 Å². The molecule has 5 heteroatoms. The standard InChI is InChI=1S/C6H12N4O/c1-2-5(3-7)10-4-8-9-6(10)11/h4-5H,2-3,7H2,1H3,(H,9,11). The van der Waals surface area contributed by atoms with Crippen molar-refractivity contribution in [2.75, 3.05) is 6.54 Å². The highest BCUT2D eigenvalue weighted by atomic mass is 16.1. The van der Waals surface area contributed by atoms with Crippen LogP contribution in [0.15, 0.2) is 11.1 Å². The van der Waals surface area contributed by atoms with Crippen LogP contribution in [-0.4, -0.2) is 21.3 Å². The third-order valence-electron chi connectivity index (χ3n) is 1.71. The highest BCUT2D eigenvalue weighted by Gasteiger charge is 2.07. The number of nitrogens with zero attached hydrogens (tertiary/aromatic N) is 2. The molecule has 0 saturated carbocycles. The van der Waals surface area contributed by atoms with Gasteiger partial charge < -0.3 is 5.73 Å². The molecule has 62 valence electrons. The molecule has 1 aromatic rings. The fraction of sp³-hybridized carbons (Fsp3) is 0.667. The van der Waals surface area contributed by atoms with E-state index in [1.807, 2.05) is 6.92 Å². The molecule has 0 bridgehead atoms. The number of nitrogens with two attached hydrogens (primary N) is 1. The van der Waals surface area contributed by atoms with E-state index in [1.165, 1.54) is 10.9 Å². The first-order valence-electron chi connectivity index (χ1n) is 3.61. The lowest BCUT2D eigenvalue weighted by Crippen LogP contribution is -2.26. The highest BCUT2D eigenvalue weighted by Crippen LogP contribution is 2.03. The maximum atomic E-state index is 11.0. The Kier molecular flexibility index (Phi) is 2.43. The number of aromatic amines is 1. The summed E-state index contributed by atoms with van der Waals surface area (Å²) in [6.45, 7) is 2.45. The van der Waals surface area contributed by atoms with Gasteiger partial charge in [0.15, 0.2) is 0 Å². The second-order valence-electron chi connectivity index (χ2n) is 2.37. The Morgan fingerprint density at radius 1 is 1.91 bits per heavy atom. The normalized spacial score (nSPS) is 13.3. The van der Waals surface area contributed by atoms with E-state index in [-0.39, 0.29) is 11.7 Å². The first-order chi connectivity index (χ1) is 5.29. The molecule has 11 heavy (non-hydrogen) atoms. The number of hydrogen-bond acceptors (Lipinski definition) is 3. The Labute approximate surface area is 64.2 Å². The van der Waals surface area contributed by atoms with Gasteiger partial charge in [-0.1, -0.05) is 6.92 Å². The lowest BCUT2D eigenvalue weighted by molar-refractivity contribution is 0.482. The Balaban J connectivity index is 2.90. The summed E-state index contributed by atoms with van der Waals surface area (Å²) in [5.41, 5.74) is 5.25. The zero-order valence-corrected chi connectivity index (χ0v) is 6.45. The molecular weight excluding hydrogens is 144 g/mol. The maximum Gasteiger partial charge on any atom is 0.343 e. The van der Waals surface area contributed by atoms with Gasteiger partial charge in [-0.25, -0.2) is 9.89 Å². The van der Waals surface area contributed by atoms with Crippen molar-refractivity contribution in [3.05, 3.63) is 16.8 Å². The number of aromatic nitrogens is 3. The third-order valence-corrected chi connectivity index (χ3v) is 1.71. The van der Waals surface area contributed by atoms with E-state index >= 15 is 0 Å². The van der Waals surface area contributed by atoms with E-state index in [4.69, 9.17) is 5.73 Å². The number of nitrogens with one attached hydrogen (secondary N) is 1. The summed E-state index contributed by atoms with van der Waals surface area (Å²) in [5, 5.41) is 5.93. The Bertz CT molecular complexity index is 260. The average molecular weight is 156 g/mol. The summed E-state index contributed by atoms with van der Waals surface area (Å²) in [7, 11) is 0. The van der Waals surface area contributed by atoms with Gasteiger partial charge in [-0.2, -0.15) is 5.10 Å². The van der Waals surface area contributed by atoms with Crippen LogP contribution in [0.1, 0.15) is 19.4 Å². The van der Waals surface area contributed by atoms with Gasteiger partial charge in [-0.05, 0) is 6.42 Å². The number of H-pyrrole nitrogens is 1. The molecule has 0 aromatic carbocycles. The van der Waals surface area contributed by atoms with E-state index in [1.54, 1.807) is 0 Å². The molecule has 1 rings (SSSR count). The third kappa shape index (κ3) is 1.48. The van der Waals surface area contributed by atoms with Crippen LogP contribution in [0.4, 0.5) is 0 Å². The summed E-state index contributed by atoms with van der Waals surface area (Å²) >= 11 is 0. The Hall–Kier alpha value is -1.10. The van der Waals surface area contributed by atoms with E-state index in [9.17, 15) is 4.79 Å². The second kappa shape index (κ2) is 3.34. The fourth-order valence-corrected chi connectivity index (χ4v) is 0.993. The van der Waals surface area contributed by atoms with Gasteiger partial charge in [0.05, 0.1) is 6.04 Å². The quantitative estimate of drug-likeness (QED) is 0.618. The van der Waals surface area contributed by atoms with E-state index < -0.39 is 0 Å². The van der Waals surface area contributed by atoms with Gasteiger partial charge in [0.2, 0.25) is 0 Å². The monoisotopic (exact) mass is 156 g/mol. The first kappa shape index (κ1) is 8.00. The maximum absolute atomic E-state index is 11.0. The van der Waals surface area contributed by atoms with Crippen LogP contribution in [0, 0.1) is 0 Å². The van der Waals surface area contributed by atoms with Crippen LogP contribution >= 0.6 is 0 Å². The summed E-state index contributed by atoms with van der Waals surface area (Å²) < 4.78 is 1.51. The molecule has 1 unspecified atom stereocenters. The first-order valence-corrected chi connectivity index (χ1v) is 3.61. The van der Waals surface area contributed by atoms with Crippen molar-refractivity contribution >= 4 is 0 Å². The van der Waals surface area contributed by atoms with Crippen molar-refractivity contribution < 1.29 is 0 Å². The van der Waals surface area contributed by atoms with E-state index in [2.05, 4.69) is 10.2 Å². The summed E-state index contributed by atoms with van der Waals surface area (Å²) in [5.74, 6) is 0. The van der Waals surface area contributed by atoms with Gasteiger partial charge >= 0.3 is 5.69 Å². The predicted molar refractivity (Wildman–Crippen MR) is 41.2 cm³/mol. The topological polar surface area (TPSA) is 76.7 Å². The van der Waals surface area contributed by atoms with Crippen LogP contribution in [0.3, 0.4) is 0 Å². The van der Waals surface area contributed by atoms with Crippen LogP contribution in [0.5, 0.6) is 0 Å². The molecule has 5 nitrogen and oxygen atoms in total. The largest absolute Gasteiger partial charge is 0.343 e. The van der Waals surface area contributed by atoms with Gasteiger partial charge in [0.1, 0.15) is 6.33 Å². The summed E-state index contributed by atoms with van der Waals surface area (Å²) in [6, 6.07) is 0.0706. The van der Waals surface area contributed by atoms with Gasteiger partial charge in [0.25, 0.3) is 0 Å². The van der Waals surface area contributed by atoms with Crippen molar-refractivity contribution in [1.29, 1.82) is 0 Å². The molecule has 1 heterocycles. The van der Waals surface area contributed by atoms with Crippen molar-refractivity contribution in [2.45, 2.75) is 19.4 Å². The summed E-state index contributed by atoms with van der Waals surface area (Å²) in [4.78, 5) is 11.0. The minimum Gasteiger partial charge on any atom is -0.328 e. The molecule has 1 aromatic heterocycles. The van der Waals surface area contributed by atoms with Gasteiger partial charge in [-0.3, -0.25) is 4.57 Å². The lowest BCUT2D eigenvalue weighted by Gasteiger charge is -2.10. The number of rotatable bonds is 3. The van der Waals surface area contributed by atoms with Crippen LogP contribution < -0.4 is 11.4 Å². The SMILES string of the molecule is CCC(CN)n1cn[nH]c1=O. The van der Waals surface area contributed by atoms with Crippen LogP contribution in [-0.2, 0) is 0 Å². The smallest absolute Gasteiger partial charge is 0.328 e. The van der Waals surface area contributed by atoms with Crippen molar-refractivity contribution in [3.63, 3.8) is 0 Å². The molecule has 0 spiro atoms. The Morgan fingerprint density at radius 3 is 3.00 bits per heavy atom. The highest BCUT2D eigenvalue weighted by molar-refractivity contribution is 4.73. The second-order valence-corrected chi connectivity index (χ2v) is 2.37. The average Bonchev–Trinajstić information content (AvgIpc) is 2.40. The zero-order valence-electron chi connectivity index (χ0n) is 6.45. The molecule has 0 radical (unpaired) electrons. The van der Waals surface area contributed by atoms with Gasteiger partial charge in [-0.15, -0.1) is 0 Å². The molecule has 1 atom stereocenters. The fourth-order valence-electron chi connectivity index (χ4n) is 0.993. The number of hydrogen-bond donors (Lipinski definition) is 2. The summed E-state index contributed by atoms with van der Waals surface area (Å²) in [6.07, 6.45) is 2.32. The van der Waals surface area contributed by atoms with E-state index in [0.717, 1.165) is 6.42 Å². The van der Waals surface area contributed by atoms with Crippen molar-refractivity contribution in [3.8, 4) is 0 Å². The molecule has 0 saturated heterocycles. The molecule has 0 amide bonds. The molecule has 3 N–H and O–H groups in total. The Morgan fingerprint density at radius 2 is 2.64 bits per heavy atom. The minimum atomic E-state index is -0.192. The van der Waals surface area contributed by atoms with Crippen LogP contribution in [0.25, 0.3) is 0 Å². The minimum absolute atomic E-state index is 0.0706. The zero-order chi connectivity index (χ0) is 8.27. The predicted octanol–water partition coefficient (Wildman–Crippen LogP) is -0.519. The molecular formula is C6H12N4O. The van der Waals surface area contributed by atoms with Crippen molar-refractivity contribution in [1.82, 2.24) is 14.8 Å². The van der Waals surface area contributed by atoms with E-state index in [0.29, 0.717) is 6.54 Å².